The molecule has 1 fully saturated rings. The lowest BCUT2D eigenvalue weighted by Gasteiger charge is -2.23. The van der Waals surface area contributed by atoms with Gasteiger partial charge in [-0.25, -0.2) is 0 Å². The number of fused-ring (bicyclic) bond motifs is 1. The minimum absolute atomic E-state index is 0.0168. The molecule has 2 aliphatic heterocycles. The average Bonchev–Trinajstić information content (AvgIpc) is 2.82. The van der Waals surface area contributed by atoms with Crippen LogP contribution in [0.5, 0.6) is 5.75 Å². The van der Waals surface area contributed by atoms with Crippen LogP contribution in [0.4, 0.5) is 0 Å². The van der Waals surface area contributed by atoms with Gasteiger partial charge in [-0.1, -0.05) is 42.2 Å². The molecule has 0 radical (unpaired) electrons. The molecule has 0 aliphatic carbocycles. The molecular weight excluding hydrogens is 358 g/mol. The first-order valence-corrected chi connectivity index (χ1v) is 9.12. The van der Waals surface area contributed by atoms with Crippen molar-refractivity contribution in [1.29, 1.82) is 0 Å². The van der Waals surface area contributed by atoms with E-state index in [4.69, 9.17) is 22.1 Å². The Labute approximate surface area is 155 Å². The first kappa shape index (κ1) is 17.7. The number of carbonyl (C=O) groups is 2. The Morgan fingerprint density at radius 2 is 2.20 bits per heavy atom. The van der Waals surface area contributed by atoms with Crippen molar-refractivity contribution < 1.29 is 19.4 Å². The average molecular weight is 375 g/mol. The third-order valence-corrected chi connectivity index (χ3v) is 5.34. The number of carboxylic acid groups (broad SMARTS) is 1. The number of hydrogen-bond donors (Lipinski definition) is 1. The molecule has 0 aromatic heterocycles. The summed E-state index contributed by atoms with van der Waals surface area (Å²) in [6.45, 7) is 2.26. The Hall–Kier alpha value is -2.12. The predicted octanol–water partition coefficient (Wildman–Crippen LogP) is 3.46. The Kier molecular flexibility index (Phi) is 5.24. The summed E-state index contributed by atoms with van der Waals surface area (Å²) >= 11 is 6.51. The highest BCUT2D eigenvalue weighted by atomic mass is 32.2. The van der Waals surface area contributed by atoms with Gasteiger partial charge in [0.1, 0.15) is 16.2 Å². The second kappa shape index (κ2) is 7.41. The Morgan fingerprint density at radius 1 is 1.44 bits per heavy atom. The van der Waals surface area contributed by atoms with Crippen molar-refractivity contribution in [3.05, 3.63) is 46.4 Å². The van der Waals surface area contributed by atoms with E-state index in [0.717, 1.165) is 16.9 Å². The number of hydrogen-bond acceptors (Lipinski definition) is 5. The van der Waals surface area contributed by atoms with Crippen molar-refractivity contribution in [1.82, 2.24) is 4.90 Å². The number of thiocarbonyl (C=S) groups is 1. The van der Waals surface area contributed by atoms with Gasteiger partial charge >= 0.3 is 5.97 Å². The van der Waals surface area contributed by atoms with Gasteiger partial charge in [-0.2, -0.15) is 0 Å². The number of rotatable bonds is 5. The van der Waals surface area contributed by atoms with E-state index < -0.39 is 5.97 Å². The second-order valence-electron chi connectivity index (χ2n) is 5.77. The van der Waals surface area contributed by atoms with Crippen molar-refractivity contribution in [2.75, 3.05) is 6.54 Å². The molecule has 7 heteroatoms. The van der Waals surface area contributed by atoms with Crippen LogP contribution in [0.3, 0.4) is 0 Å². The first-order chi connectivity index (χ1) is 12.0. The van der Waals surface area contributed by atoms with E-state index in [1.54, 1.807) is 0 Å². The van der Waals surface area contributed by atoms with Gasteiger partial charge in [-0.3, -0.25) is 14.5 Å². The molecule has 2 heterocycles. The van der Waals surface area contributed by atoms with Crippen LogP contribution in [0, 0.1) is 0 Å². The van der Waals surface area contributed by atoms with Crippen LogP contribution in [-0.4, -0.2) is 38.9 Å². The largest absolute Gasteiger partial charge is 0.485 e. The number of amides is 1. The normalized spacial score (nSPS) is 21.2. The van der Waals surface area contributed by atoms with E-state index in [0.29, 0.717) is 22.2 Å². The first-order valence-electron chi connectivity index (χ1n) is 7.90. The highest BCUT2D eigenvalue weighted by Crippen LogP contribution is 2.35. The zero-order valence-corrected chi connectivity index (χ0v) is 15.2. The molecule has 0 spiro atoms. The van der Waals surface area contributed by atoms with Crippen molar-refractivity contribution >= 4 is 46.3 Å². The highest BCUT2D eigenvalue weighted by molar-refractivity contribution is 8.26. The summed E-state index contributed by atoms with van der Waals surface area (Å²) in [4.78, 5) is 25.2. The fourth-order valence-electron chi connectivity index (χ4n) is 2.65. The summed E-state index contributed by atoms with van der Waals surface area (Å²) in [5.74, 6) is -0.223. The lowest BCUT2D eigenvalue weighted by Crippen LogP contribution is -2.29. The van der Waals surface area contributed by atoms with Crippen LogP contribution in [0.1, 0.15) is 25.3 Å². The minimum atomic E-state index is -0.877. The zero-order chi connectivity index (χ0) is 18.0. The van der Waals surface area contributed by atoms with Crippen molar-refractivity contribution in [3.8, 4) is 5.75 Å². The summed E-state index contributed by atoms with van der Waals surface area (Å²) in [5, 5.41) is 8.72. The van der Waals surface area contributed by atoms with Crippen LogP contribution in [0.25, 0.3) is 6.08 Å². The van der Waals surface area contributed by atoms with E-state index in [-0.39, 0.29) is 18.4 Å². The second-order valence-corrected chi connectivity index (χ2v) is 7.45. The molecule has 2 aliphatic rings. The molecule has 25 heavy (non-hydrogen) atoms. The number of thioether (sulfide) groups is 1. The van der Waals surface area contributed by atoms with Gasteiger partial charge in [-0.05, 0) is 37.1 Å². The van der Waals surface area contributed by atoms with Crippen LogP contribution < -0.4 is 4.74 Å². The summed E-state index contributed by atoms with van der Waals surface area (Å²) in [6, 6.07) is 7.74. The van der Waals surface area contributed by atoms with Gasteiger partial charge in [0.15, 0.2) is 0 Å². The standard InChI is InChI=1S/C18H17NO4S2/c1-11-13(9-12-5-2-3-6-14(12)23-11)10-15-17(22)19(18(24)25-15)8-4-7-16(20)21/h2-3,5-6,9-11H,4,7-8H2,1H3,(H,20,21)/b15-10-. The number of carboxylic acids is 1. The Balaban J connectivity index is 1.78. The Bertz CT molecular complexity index is 800. The molecule has 1 atom stereocenters. The van der Waals surface area contributed by atoms with Gasteiger partial charge in [0.2, 0.25) is 0 Å². The molecule has 1 unspecified atom stereocenters. The SMILES string of the molecule is CC1Oc2ccccc2C=C1/C=C1\SC(=S)N(CCCC(=O)O)C1=O. The molecule has 1 saturated heterocycles. The smallest absolute Gasteiger partial charge is 0.303 e. The third-order valence-electron chi connectivity index (χ3n) is 3.96. The molecule has 1 amide bonds. The Morgan fingerprint density at radius 3 is 2.96 bits per heavy atom. The summed E-state index contributed by atoms with van der Waals surface area (Å²) in [7, 11) is 0. The summed E-state index contributed by atoms with van der Waals surface area (Å²) in [5.41, 5.74) is 1.88. The minimum Gasteiger partial charge on any atom is -0.485 e. The molecule has 0 bridgehead atoms. The molecule has 1 aromatic carbocycles. The number of aliphatic carboxylic acids is 1. The van der Waals surface area contributed by atoms with Gasteiger partial charge < -0.3 is 9.84 Å². The molecule has 3 rings (SSSR count). The van der Waals surface area contributed by atoms with Gasteiger partial charge in [0.25, 0.3) is 5.91 Å². The van der Waals surface area contributed by atoms with E-state index in [1.165, 1.54) is 16.7 Å². The van der Waals surface area contributed by atoms with Gasteiger partial charge in [-0.15, -0.1) is 0 Å². The lowest BCUT2D eigenvalue weighted by atomic mass is 10.0. The fourth-order valence-corrected chi connectivity index (χ4v) is 3.96. The molecule has 5 nitrogen and oxygen atoms in total. The molecule has 1 aromatic rings. The molecular formula is C18H17NO4S2. The van der Waals surface area contributed by atoms with Crippen molar-refractivity contribution in [3.63, 3.8) is 0 Å². The highest BCUT2D eigenvalue weighted by Gasteiger charge is 2.32. The van der Waals surface area contributed by atoms with Crippen LogP contribution >= 0.6 is 24.0 Å². The number of carbonyl (C=O) groups excluding carboxylic acids is 1. The maximum Gasteiger partial charge on any atom is 0.303 e. The quantitative estimate of drug-likeness (QED) is 0.628. The van der Waals surface area contributed by atoms with Crippen LogP contribution in [0.15, 0.2) is 40.8 Å². The van der Waals surface area contributed by atoms with Crippen molar-refractivity contribution in [2.45, 2.75) is 25.9 Å². The van der Waals surface area contributed by atoms with Gasteiger partial charge in [0, 0.05) is 18.5 Å². The van der Waals surface area contributed by atoms with E-state index in [9.17, 15) is 9.59 Å². The van der Waals surface area contributed by atoms with Gasteiger partial charge in [0.05, 0.1) is 4.91 Å². The summed E-state index contributed by atoms with van der Waals surface area (Å²) < 4.78 is 6.35. The number of ether oxygens (including phenoxy) is 1. The van der Waals surface area contributed by atoms with Crippen molar-refractivity contribution in [2.24, 2.45) is 0 Å². The lowest BCUT2D eigenvalue weighted by molar-refractivity contribution is -0.137. The zero-order valence-electron chi connectivity index (χ0n) is 13.6. The van der Waals surface area contributed by atoms with Crippen LogP contribution in [0.2, 0.25) is 0 Å². The fraction of sp³-hybridized carbons (Fsp3) is 0.278. The topological polar surface area (TPSA) is 66.8 Å². The number of nitrogens with zero attached hydrogens (tertiary/aromatic N) is 1. The number of benzene rings is 1. The monoisotopic (exact) mass is 375 g/mol. The van der Waals surface area contributed by atoms with E-state index in [2.05, 4.69) is 0 Å². The van der Waals surface area contributed by atoms with E-state index >= 15 is 0 Å². The maximum atomic E-state index is 12.6. The third kappa shape index (κ3) is 3.93. The molecule has 0 saturated carbocycles. The molecule has 130 valence electrons. The van der Waals surface area contributed by atoms with Crippen LogP contribution in [-0.2, 0) is 9.59 Å². The molecule has 1 N–H and O–H groups in total. The maximum absolute atomic E-state index is 12.6. The predicted molar refractivity (Wildman–Crippen MR) is 101 cm³/mol. The number of para-hydroxylation sites is 1. The van der Waals surface area contributed by atoms with E-state index in [1.807, 2.05) is 43.3 Å². The summed E-state index contributed by atoms with van der Waals surface area (Å²) in [6.07, 6.45) is 4.07.